The highest BCUT2D eigenvalue weighted by Gasteiger charge is 2.23. The van der Waals surface area contributed by atoms with Crippen LogP contribution in [0, 0.1) is 0 Å². The second kappa shape index (κ2) is 6.62. The number of fused-ring (bicyclic) bond motifs is 1. The molecule has 3 heterocycles. The average Bonchev–Trinajstić information content (AvgIpc) is 3.13. The van der Waals surface area contributed by atoms with Gasteiger partial charge in [0.05, 0.1) is 12.6 Å². The Labute approximate surface area is 130 Å². The molecule has 1 aliphatic rings. The molecule has 6 nitrogen and oxygen atoms in total. The molecule has 6 heteroatoms. The zero-order chi connectivity index (χ0) is 15.5. The monoisotopic (exact) mass is 304 g/mol. The van der Waals surface area contributed by atoms with Gasteiger partial charge in [-0.05, 0) is 25.5 Å². The Bertz CT molecular complexity index is 619. The van der Waals surface area contributed by atoms with Crippen LogP contribution in [-0.4, -0.2) is 27.9 Å². The third kappa shape index (κ3) is 3.23. The zero-order valence-electron chi connectivity index (χ0n) is 13.5. The number of methoxy groups -OCH3 is 1. The smallest absolute Gasteiger partial charge is 0.176 e. The summed E-state index contributed by atoms with van der Waals surface area (Å²) in [6, 6.07) is 4.71. The van der Waals surface area contributed by atoms with Crippen molar-refractivity contribution in [3.05, 3.63) is 35.3 Å². The Hall–Kier alpha value is -1.66. The summed E-state index contributed by atoms with van der Waals surface area (Å²) in [6.07, 6.45) is 2.94. The van der Waals surface area contributed by atoms with Crippen LogP contribution in [0.25, 0.3) is 0 Å². The van der Waals surface area contributed by atoms with Gasteiger partial charge in [-0.1, -0.05) is 6.92 Å². The van der Waals surface area contributed by atoms with E-state index in [1.807, 2.05) is 4.68 Å². The number of furan rings is 1. The predicted octanol–water partition coefficient (Wildman–Crippen LogP) is 2.25. The first-order valence-electron chi connectivity index (χ1n) is 7.95. The van der Waals surface area contributed by atoms with Crippen LogP contribution in [0.1, 0.15) is 49.5 Å². The Morgan fingerprint density at radius 1 is 1.50 bits per heavy atom. The minimum Gasteiger partial charge on any atom is -0.464 e. The Morgan fingerprint density at radius 3 is 3.09 bits per heavy atom. The number of rotatable bonds is 6. The number of nitrogens with zero attached hydrogens (tertiary/aromatic N) is 3. The lowest BCUT2D eigenvalue weighted by molar-refractivity contribution is 0.177. The number of nitrogens with one attached hydrogen (secondary N) is 1. The van der Waals surface area contributed by atoms with Gasteiger partial charge in [-0.2, -0.15) is 5.10 Å². The molecule has 2 atom stereocenters. The maximum atomic E-state index is 5.83. The highest BCUT2D eigenvalue weighted by atomic mass is 16.5. The lowest BCUT2D eigenvalue weighted by Crippen LogP contribution is -2.39. The first kappa shape index (κ1) is 15.2. The molecule has 0 radical (unpaired) electrons. The van der Waals surface area contributed by atoms with Crippen molar-refractivity contribution in [2.24, 2.45) is 0 Å². The van der Waals surface area contributed by atoms with Crippen LogP contribution in [0.5, 0.6) is 0 Å². The topological polar surface area (TPSA) is 65.1 Å². The van der Waals surface area contributed by atoms with Crippen molar-refractivity contribution in [3.8, 4) is 0 Å². The molecule has 0 aliphatic carbocycles. The van der Waals surface area contributed by atoms with Crippen molar-refractivity contribution in [1.82, 2.24) is 20.1 Å². The summed E-state index contributed by atoms with van der Waals surface area (Å²) in [5.41, 5.74) is 0. The fourth-order valence-corrected chi connectivity index (χ4v) is 2.94. The maximum absolute atomic E-state index is 5.83. The van der Waals surface area contributed by atoms with E-state index < -0.39 is 0 Å². The van der Waals surface area contributed by atoms with Crippen molar-refractivity contribution in [2.45, 2.75) is 58.3 Å². The number of aryl methyl sites for hydroxylation is 2. The van der Waals surface area contributed by atoms with Gasteiger partial charge in [0.1, 0.15) is 24.0 Å². The molecular weight excluding hydrogens is 280 g/mol. The molecule has 0 unspecified atom stereocenters. The van der Waals surface area contributed by atoms with Crippen LogP contribution >= 0.6 is 0 Å². The SMILES string of the molecule is CCc1ccc([C@@H](C)N[C@H]2CCc3nc(COC)nn3C2)o1. The zero-order valence-corrected chi connectivity index (χ0v) is 13.5. The van der Waals surface area contributed by atoms with Gasteiger partial charge in [0, 0.05) is 26.0 Å². The fraction of sp³-hybridized carbons (Fsp3) is 0.625. The van der Waals surface area contributed by atoms with Crippen molar-refractivity contribution in [2.75, 3.05) is 7.11 Å². The van der Waals surface area contributed by atoms with E-state index >= 15 is 0 Å². The van der Waals surface area contributed by atoms with Gasteiger partial charge in [-0.15, -0.1) is 0 Å². The summed E-state index contributed by atoms with van der Waals surface area (Å²) >= 11 is 0. The summed E-state index contributed by atoms with van der Waals surface area (Å²) < 4.78 is 12.9. The van der Waals surface area contributed by atoms with E-state index in [9.17, 15) is 0 Å². The molecule has 0 amide bonds. The molecule has 0 aromatic carbocycles. The highest BCUT2D eigenvalue weighted by Crippen LogP contribution is 2.20. The number of hydrogen-bond donors (Lipinski definition) is 1. The maximum Gasteiger partial charge on any atom is 0.176 e. The van der Waals surface area contributed by atoms with Gasteiger partial charge >= 0.3 is 0 Å². The molecule has 1 aliphatic heterocycles. The lowest BCUT2D eigenvalue weighted by Gasteiger charge is -2.26. The average molecular weight is 304 g/mol. The molecule has 1 N–H and O–H groups in total. The first-order chi connectivity index (χ1) is 10.7. The van der Waals surface area contributed by atoms with E-state index in [1.54, 1.807) is 7.11 Å². The Balaban J connectivity index is 1.61. The summed E-state index contributed by atoms with van der Waals surface area (Å²) in [6.45, 7) is 5.57. The number of ether oxygens (including phenoxy) is 1. The molecule has 3 rings (SSSR count). The van der Waals surface area contributed by atoms with Crippen molar-refractivity contribution in [3.63, 3.8) is 0 Å². The molecule has 22 heavy (non-hydrogen) atoms. The highest BCUT2D eigenvalue weighted by molar-refractivity contribution is 5.10. The van der Waals surface area contributed by atoms with Gasteiger partial charge in [0.25, 0.3) is 0 Å². The quantitative estimate of drug-likeness (QED) is 0.886. The molecule has 0 bridgehead atoms. The summed E-state index contributed by atoms with van der Waals surface area (Å²) in [5, 5.41) is 8.15. The van der Waals surface area contributed by atoms with Crippen LogP contribution in [-0.2, 0) is 30.7 Å². The fourth-order valence-electron chi connectivity index (χ4n) is 2.94. The number of aromatic nitrogens is 3. The minimum atomic E-state index is 0.203. The molecule has 0 spiro atoms. The van der Waals surface area contributed by atoms with Crippen molar-refractivity contribution >= 4 is 0 Å². The lowest BCUT2D eigenvalue weighted by atomic mass is 10.1. The minimum absolute atomic E-state index is 0.203. The molecule has 0 saturated heterocycles. The van der Waals surface area contributed by atoms with Gasteiger partial charge in [0.2, 0.25) is 0 Å². The van der Waals surface area contributed by atoms with Crippen LogP contribution < -0.4 is 5.32 Å². The van der Waals surface area contributed by atoms with Crippen LogP contribution in [0.2, 0.25) is 0 Å². The number of hydrogen-bond acceptors (Lipinski definition) is 5. The Kier molecular flexibility index (Phi) is 4.59. The molecule has 0 saturated carbocycles. The normalized spacial score (nSPS) is 19.1. The third-order valence-electron chi connectivity index (χ3n) is 4.12. The molecule has 2 aromatic rings. The van der Waals surface area contributed by atoms with Gasteiger partial charge in [0.15, 0.2) is 5.82 Å². The largest absolute Gasteiger partial charge is 0.464 e. The predicted molar refractivity (Wildman–Crippen MR) is 82.5 cm³/mol. The summed E-state index contributed by atoms with van der Waals surface area (Å²) in [7, 11) is 1.67. The Morgan fingerprint density at radius 2 is 2.36 bits per heavy atom. The van der Waals surface area contributed by atoms with Gasteiger partial charge in [-0.25, -0.2) is 9.67 Å². The van der Waals surface area contributed by atoms with Crippen LogP contribution in [0.3, 0.4) is 0 Å². The van der Waals surface area contributed by atoms with Crippen molar-refractivity contribution in [1.29, 1.82) is 0 Å². The van der Waals surface area contributed by atoms with E-state index in [0.717, 1.165) is 49.0 Å². The van der Waals surface area contributed by atoms with E-state index in [1.165, 1.54) is 0 Å². The molecule has 120 valence electrons. The second-order valence-corrected chi connectivity index (χ2v) is 5.84. The molecule has 2 aromatic heterocycles. The third-order valence-corrected chi connectivity index (χ3v) is 4.12. The second-order valence-electron chi connectivity index (χ2n) is 5.84. The van der Waals surface area contributed by atoms with Gasteiger partial charge in [-0.3, -0.25) is 0 Å². The summed E-state index contributed by atoms with van der Waals surface area (Å²) in [4.78, 5) is 4.51. The molecule has 0 fully saturated rings. The molecular formula is C16H24N4O2. The van der Waals surface area contributed by atoms with Crippen LogP contribution in [0.4, 0.5) is 0 Å². The van der Waals surface area contributed by atoms with E-state index in [0.29, 0.717) is 12.6 Å². The standard InChI is InChI=1S/C16H24N4O2/c1-4-13-6-7-14(22-13)11(2)17-12-5-8-16-18-15(10-21-3)19-20(16)9-12/h6-7,11-12,17H,4-5,8-10H2,1-3H3/t11-,12+/m1/s1. The van der Waals surface area contributed by atoms with Crippen molar-refractivity contribution < 1.29 is 9.15 Å². The van der Waals surface area contributed by atoms with E-state index in [-0.39, 0.29) is 6.04 Å². The van der Waals surface area contributed by atoms with Gasteiger partial charge < -0.3 is 14.5 Å². The van der Waals surface area contributed by atoms with E-state index in [4.69, 9.17) is 9.15 Å². The first-order valence-corrected chi connectivity index (χ1v) is 7.95. The van der Waals surface area contributed by atoms with Crippen LogP contribution in [0.15, 0.2) is 16.5 Å². The summed E-state index contributed by atoms with van der Waals surface area (Å²) in [5.74, 6) is 3.87. The van der Waals surface area contributed by atoms with E-state index in [2.05, 4.69) is 41.4 Å².